The summed E-state index contributed by atoms with van der Waals surface area (Å²) >= 11 is 0. The molecule has 2 aromatic rings. The highest BCUT2D eigenvalue weighted by Crippen LogP contribution is 2.34. The molecule has 0 aliphatic carbocycles. The molecule has 0 saturated heterocycles. The molecule has 0 unspecified atom stereocenters. The predicted octanol–water partition coefficient (Wildman–Crippen LogP) is 3.19. The molecule has 0 bridgehead atoms. The van der Waals surface area contributed by atoms with Gasteiger partial charge in [-0.05, 0) is 38.1 Å². The molecule has 0 spiro atoms. The maximum atomic E-state index is 12.6. The molecule has 0 aromatic heterocycles. The van der Waals surface area contributed by atoms with Gasteiger partial charge in [0.1, 0.15) is 5.75 Å². The fourth-order valence-electron chi connectivity index (χ4n) is 2.46. The third-order valence-electron chi connectivity index (χ3n) is 3.47. The van der Waals surface area contributed by atoms with Gasteiger partial charge in [-0.1, -0.05) is 23.8 Å². The monoisotopic (exact) mass is 281 g/mol. The Labute approximate surface area is 123 Å². The van der Waals surface area contributed by atoms with Crippen molar-refractivity contribution in [1.29, 1.82) is 0 Å². The number of nitrogens with zero attached hydrogens (tertiary/aromatic N) is 1. The molecule has 0 N–H and O–H groups in total. The van der Waals surface area contributed by atoms with Crippen LogP contribution in [0, 0.1) is 6.92 Å². The molecular formula is C17H15NO3. The fraction of sp³-hybridized carbons (Fsp3) is 0.176. The van der Waals surface area contributed by atoms with Crippen LogP contribution in [0.1, 0.15) is 33.2 Å². The Morgan fingerprint density at radius 2 is 1.71 bits per heavy atom. The van der Waals surface area contributed by atoms with Gasteiger partial charge in [0, 0.05) is 0 Å². The van der Waals surface area contributed by atoms with Crippen molar-refractivity contribution in [2.24, 2.45) is 0 Å². The first-order valence-electron chi connectivity index (χ1n) is 6.84. The number of anilines is 1. The number of benzene rings is 2. The van der Waals surface area contributed by atoms with Gasteiger partial charge in [0.25, 0.3) is 11.8 Å². The van der Waals surface area contributed by atoms with E-state index in [1.165, 1.54) is 4.90 Å². The normalized spacial score (nSPS) is 13.5. The minimum atomic E-state index is -0.331. The van der Waals surface area contributed by atoms with Crippen molar-refractivity contribution >= 4 is 17.5 Å². The van der Waals surface area contributed by atoms with Gasteiger partial charge in [-0.25, -0.2) is 4.90 Å². The van der Waals surface area contributed by atoms with E-state index in [4.69, 9.17) is 4.74 Å². The second-order valence-corrected chi connectivity index (χ2v) is 4.89. The number of carbonyl (C=O) groups excluding carboxylic acids is 2. The van der Waals surface area contributed by atoms with Crippen LogP contribution in [0.4, 0.5) is 5.69 Å². The summed E-state index contributed by atoms with van der Waals surface area (Å²) in [7, 11) is 0. The number of imide groups is 1. The van der Waals surface area contributed by atoms with E-state index in [9.17, 15) is 9.59 Å². The van der Waals surface area contributed by atoms with Crippen molar-refractivity contribution in [2.45, 2.75) is 13.8 Å². The summed E-state index contributed by atoms with van der Waals surface area (Å²) in [5, 5.41) is 0. The Hall–Kier alpha value is -2.62. The molecule has 1 aliphatic heterocycles. The molecule has 106 valence electrons. The number of aryl methyl sites for hydroxylation is 1. The lowest BCUT2D eigenvalue weighted by Gasteiger charge is -2.14. The van der Waals surface area contributed by atoms with E-state index in [1.807, 2.05) is 26.0 Å². The van der Waals surface area contributed by atoms with Gasteiger partial charge in [-0.3, -0.25) is 9.59 Å². The molecule has 1 heterocycles. The van der Waals surface area contributed by atoms with Crippen LogP contribution in [0.25, 0.3) is 0 Å². The summed E-state index contributed by atoms with van der Waals surface area (Å²) in [6, 6.07) is 12.4. The largest absolute Gasteiger partial charge is 0.493 e. The van der Waals surface area contributed by atoms with Crippen LogP contribution < -0.4 is 9.64 Å². The molecule has 0 atom stereocenters. The van der Waals surface area contributed by atoms with Crippen LogP contribution in [0.15, 0.2) is 42.5 Å². The minimum Gasteiger partial charge on any atom is -0.493 e. The SMILES string of the molecule is CCOc1cccc2c1C(=O)N(c1ccc(C)cc1)C2=O. The van der Waals surface area contributed by atoms with Crippen molar-refractivity contribution in [3.05, 3.63) is 59.2 Å². The smallest absolute Gasteiger partial charge is 0.269 e. The van der Waals surface area contributed by atoms with Crippen LogP contribution in [0.5, 0.6) is 5.75 Å². The quantitative estimate of drug-likeness (QED) is 0.812. The molecule has 4 nitrogen and oxygen atoms in total. The highest BCUT2D eigenvalue weighted by atomic mass is 16.5. The van der Waals surface area contributed by atoms with E-state index in [2.05, 4.69) is 0 Å². The molecule has 2 amide bonds. The number of hydrogen-bond donors (Lipinski definition) is 0. The molecule has 0 saturated carbocycles. The lowest BCUT2D eigenvalue weighted by atomic mass is 10.1. The number of carbonyl (C=O) groups is 2. The van der Waals surface area contributed by atoms with Crippen molar-refractivity contribution in [3.8, 4) is 5.75 Å². The Morgan fingerprint density at radius 3 is 2.38 bits per heavy atom. The van der Waals surface area contributed by atoms with Gasteiger partial charge in [0.05, 0.1) is 23.4 Å². The first-order chi connectivity index (χ1) is 10.1. The molecule has 21 heavy (non-hydrogen) atoms. The summed E-state index contributed by atoms with van der Waals surface area (Å²) in [5.74, 6) is -0.175. The Bertz CT molecular complexity index is 719. The van der Waals surface area contributed by atoms with Crippen LogP contribution in [-0.2, 0) is 0 Å². The van der Waals surface area contributed by atoms with E-state index >= 15 is 0 Å². The number of ether oxygens (including phenoxy) is 1. The zero-order valence-corrected chi connectivity index (χ0v) is 11.9. The number of amides is 2. The van der Waals surface area contributed by atoms with Crippen molar-refractivity contribution in [3.63, 3.8) is 0 Å². The average molecular weight is 281 g/mol. The topological polar surface area (TPSA) is 46.6 Å². The van der Waals surface area contributed by atoms with Gasteiger partial charge in [0.15, 0.2) is 0 Å². The maximum absolute atomic E-state index is 12.6. The van der Waals surface area contributed by atoms with Gasteiger partial charge < -0.3 is 4.74 Å². The standard InChI is InChI=1S/C17H15NO3/c1-3-21-14-6-4-5-13-15(14)17(20)18(16(13)19)12-9-7-11(2)8-10-12/h4-10H,3H2,1-2H3. The zero-order valence-electron chi connectivity index (χ0n) is 11.9. The van der Waals surface area contributed by atoms with E-state index < -0.39 is 0 Å². The van der Waals surface area contributed by atoms with Crippen molar-refractivity contribution < 1.29 is 14.3 Å². The van der Waals surface area contributed by atoms with Gasteiger partial charge in [-0.2, -0.15) is 0 Å². The van der Waals surface area contributed by atoms with Gasteiger partial charge in [0.2, 0.25) is 0 Å². The van der Waals surface area contributed by atoms with Crippen LogP contribution in [0.3, 0.4) is 0 Å². The summed E-state index contributed by atoms with van der Waals surface area (Å²) in [6.45, 7) is 4.25. The molecule has 1 aliphatic rings. The number of rotatable bonds is 3. The predicted molar refractivity (Wildman–Crippen MR) is 79.9 cm³/mol. The highest BCUT2D eigenvalue weighted by molar-refractivity contribution is 6.35. The second kappa shape index (κ2) is 5.05. The molecule has 0 fully saturated rings. The zero-order chi connectivity index (χ0) is 15.0. The Morgan fingerprint density at radius 1 is 1.00 bits per heavy atom. The van der Waals surface area contributed by atoms with Crippen molar-refractivity contribution in [1.82, 2.24) is 0 Å². The third-order valence-corrected chi connectivity index (χ3v) is 3.47. The summed E-state index contributed by atoms with van der Waals surface area (Å²) < 4.78 is 5.47. The first-order valence-corrected chi connectivity index (χ1v) is 6.84. The maximum Gasteiger partial charge on any atom is 0.269 e. The number of fused-ring (bicyclic) bond motifs is 1. The Kier molecular flexibility index (Phi) is 3.22. The lowest BCUT2D eigenvalue weighted by Crippen LogP contribution is -2.29. The summed E-state index contributed by atoms with van der Waals surface area (Å²) in [4.78, 5) is 26.3. The number of hydrogen-bond acceptors (Lipinski definition) is 3. The van der Waals surface area contributed by atoms with E-state index in [-0.39, 0.29) is 11.8 Å². The fourth-order valence-corrected chi connectivity index (χ4v) is 2.46. The third kappa shape index (κ3) is 2.09. The van der Waals surface area contributed by atoms with Crippen LogP contribution in [-0.4, -0.2) is 18.4 Å². The van der Waals surface area contributed by atoms with E-state index in [1.54, 1.807) is 30.3 Å². The molecule has 4 heteroatoms. The van der Waals surface area contributed by atoms with E-state index in [0.717, 1.165) is 5.56 Å². The minimum absolute atomic E-state index is 0.305. The van der Waals surface area contributed by atoms with E-state index in [0.29, 0.717) is 29.2 Å². The van der Waals surface area contributed by atoms with Gasteiger partial charge in [-0.15, -0.1) is 0 Å². The molecule has 0 radical (unpaired) electrons. The second-order valence-electron chi connectivity index (χ2n) is 4.89. The summed E-state index contributed by atoms with van der Waals surface area (Å²) in [5.41, 5.74) is 2.40. The molecular weight excluding hydrogens is 266 g/mol. The molecule has 3 rings (SSSR count). The lowest BCUT2D eigenvalue weighted by molar-refractivity contribution is 0.0925. The summed E-state index contributed by atoms with van der Waals surface area (Å²) in [6.07, 6.45) is 0. The highest BCUT2D eigenvalue weighted by Gasteiger charge is 2.38. The van der Waals surface area contributed by atoms with Gasteiger partial charge >= 0.3 is 0 Å². The first kappa shape index (κ1) is 13.4. The average Bonchev–Trinajstić information content (AvgIpc) is 2.74. The van der Waals surface area contributed by atoms with Crippen LogP contribution in [0.2, 0.25) is 0 Å². The van der Waals surface area contributed by atoms with Crippen LogP contribution >= 0.6 is 0 Å². The Balaban J connectivity index is 2.08. The van der Waals surface area contributed by atoms with Crippen molar-refractivity contribution in [2.75, 3.05) is 11.5 Å². The molecule has 2 aromatic carbocycles.